The van der Waals surface area contributed by atoms with Crippen molar-refractivity contribution in [2.45, 2.75) is 24.1 Å². The molecule has 1 unspecified atom stereocenters. The summed E-state index contributed by atoms with van der Waals surface area (Å²) in [6.07, 6.45) is 0. The second-order valence-electron chi connectivity index (χ2n) is 5.58. The van der Waals surface area contributed by atoms with E-state index in [1.165, 1.54) is 0 Å². The first-order chi connectivity index (χ1) is 10.0. The van der Waals surface area contributed by atoms with Crippen LogP contribution >= 0.6 is 15.9 Å². The fraction of sp³-hybridized carbons (Fsp3) is 0.278. The first-order valence-electron chi connectivity index (χ1n) is 7.04. The lowest BCUT2D eigenvalue weighted by atomic mass is 9.84. The SMILES string of the molecule is CC(C)(C(=O)NCC(Br)c1ccccc1)c1ccccc1. The second-order valence-corrected chi connectivity index (χ2v) is 6.68. The monoisotopic (exact) mass is 345 g/mol. The second kappa shape index (κ2) is 6.90. The summed E-state index contributed by atoms with van der Waals surface area (Å²) in [6, 6.07) is 19.9. The number of alkyl halides is 1. The zero-order valence-electron chi connectivity index (χ0n) is 12.3. The molecule has 2 rings (SSSR count). The van der Waals surface area contributed by atoms with E-state index in [0.717, 1.165) is 11.1 Å². The van der Waals surface area contributed by atoms with Gasteiger partial charge in [-0.2, -0.15) is 0 Å². The average Bonchev–Trinajstić information content (AvgIpc) is 2.53. The summed E-state index contributed by atoms with van der Waals surface area (Å²) in [4.78, 5) is 12.6. The molecule has 0 saturated carbocycles. The lowest BCUT2D eigenvalue weighted by Crippen LogP contribution is -2.41. The predicted molar refractivity (Wildman–Crippen MR) is 90.6 cm³/mol. The number of hydrogen-bond acceptors (Lipinski definition) is 1. The Labute approximate surface area is 134 Å². The summed E-state index contributed by atoms with van der Waals surface area (Å²) in [7, 11) is 0. The fourth-order valence-corrected chi connectivity index (χ4v) is 2.64. The van der Waals surface area contributed by atoms with Gasteiger partial charge in [0.1, 0.15) is 0 Å². The first-order valence-corrected chi connectivity index (χ1v) is 7.96. The van der Waals surface area contributed by atoms with Gasteiger partial charge in [-0.25, -0.2) is 0 Å². The zero-order chi connectivity index (χ0) is 15.3. The molecule has 1 atom stereocenters. The number of benzene rings is 2. The van der Waals surface area contributed by atoms with E-state index < -0.39 is 5.41 Å². The molecule has 0 bridgehead atoms. The Balaban J connectivity index is 1.99. The van der Waals surface area contributed by atoms with Crippen LogP contribution in [-0.4, -0.2) is 12.5 Å². The number of carbonyl (C=O) groups excluding carboxylic acids is 1. The molecule has 0 spiro atoms. The lowest BCUT2D eigenvalue weighted by molar-refractivity contribution is -0.125. The summed E-state index contributed by atoms with van der Waals surface area (Å²) in [5.41, 5.74) is 1.65. The number of nitrogens with one attached hydrogen (secondary N) is 1. The van der Waals surface area contributed by atoms with Gasteiger partial charge in [0.2, 0.25) is 5.91 Å². The van der Waals surface area contributed by atoms with E-state index in [1.807, 2.05) is 74.5 Å². The molecule has 0 heterocycles. The predicted octanol–water partition coefficient (Wildman–Crippen LogP) is 4.22. The van der Waals surface area contributed by atoms with Crippen LogP contribution in [0.25, 0.3) is 0 Å². The van der Waals surface area contributed by atoms with Gasteiger partial charge < -0.3 is 5.32 Å². The molecule has 0 aliphatic heterocycles. The third-order valence-electron chi connectivity index (χ3n) is 3.67. The van der Waals surface area contributed by atoms with Crippen molar-refractivity contribution >= 4 is 21.8 Å². The van der Waals surface area contributed by atoms with E-state index in [4.69, 9.17) is 0 Å². The maximum atomic E-state index is 12.5. The molecular weight excluding hydrogens is 326 g/mol. The summed E-state index contributed by atoms with van der Waals surface area (Å²) >= 11 is 3.62. The van der Waals surface area contributed by atoms with Gasteiger partial charge >= 0.3 is 0 Å². The van der Waals surface area contributed by atoms with Crippen LogP contribution in [-0.2, 0) is 10.2 Å². The Bertz CT molecular complexity index is 581. The molecule has 0 radical (unpaired) electrons. The Morgan fingerprint density at radius 2 is 1.57 bits per heavy atom. The molecule has 1 N–H and O–H groups in total. The van der Waals surface area contributed by atoms with Gasteiger partial charge in [0.05, 0.1) is 10.2 Å². The van der Waals surface area contributed by atoms with Crippen molar-refractivity contribution in [1.82, 2.24) is 5.32 Å². The standard InChI is InChI=1S/C18H20BrNO/c1-18(2,15-11-7-4-8-12-15)17(21)20-13-16(19)14-9-5-3-6-10-14/h3-12,16H,13H2,1-2H3,(H,20,21). The number of halogens is 1. The highest BCUT2D eigenvalue weighted by atomic mass is 79.9. The van der Waals surface area contributed by atoms with Gasteiger partial charge in [0.15, 0.2) is 0 Å². The number of hydrogen-bond donors (Lipinski definition) is 1. The number of amides is 1. The molecule has 1 amide bonds. The molecule has 110 valence electrons. The highest BCUT2D eigenvalue weighted by molar-refractivity contribution is 9.09. The van der Waals surface area contributed by atoms with Crippen molar-refractivity contribution in [3.05, 3.63) is 71.8 Å². The molecule has 0 fully saturated rings. The van der Waals surface area contributed by atoms with Crippen LogP contribution in [0.2, 0.25) is 0 Å². The third kappa shape index (κ3) is 3.94. The molecule has 21 heavy (non-hydrogen) atoms. The van der Waals surface area contributed by atoms with Crippen LogP contribution in [0.3, 0.4) is 0 Å². The van der Waals surface area contributed by atoms with Crippen LogP contribution in [0, 0.1) is 0 Å². The summed E-state index contributed by atoms with van der Waals surface area (Å²) < 4.78 is 0. The van der Waals surface area contributed by atoms with E-state index in [-0.39, 0.29) is 10.7 Å². The topological polar surface area (TPSA) is 29.1 Å². The van der Waals surface area contributed by atoms with Crippen LogP contribution < -0.4 is 5.32 Å². The highest BCUT2D eigenvalue weighted by Gasteiger charge is 2.29. The fourth-order valence-electron chi connectivity index (χ4n) is 2.17. The van der Waals surface area contributed by atoms with Crippen molar-refractivity contribution in [1.29, 1.82) is 0 Å². The Kier molecular flexibility index (Phi) is 5.18. The Morgan fingerprint density at radius 3 is 2.14 bits per heavy atom. The minimum absolute atomic E-state index is 0.0362. The van der Waals surface area contributed by atoms with E-state index in [0.29, 0.717) is 6.54 Å². The largest absolute Gasteiger partial charge is 0.354 e. The molecule has 0 aliphatic carbocycles. The van der Waals surface area contributed by atoms with Gasteiger partial charge in [0.25, 0.3) is 0 Å². The van der Waals surface area contributed by atoms with Crippen molar-refractivity contribution in [2.24, 2.45) is 0 Å². The molecule has 2 aromatic rings. The van der Waals surface area contributed by atoms with Crippen molar-refractivity contribution in [2.75, 3.05) is 6.54 Å². The maximum absolute atomic E-state index is 12.5. The zero-order valence-corrected chi connectivity index (χ0v) is 13.9. The van der Waals surface area contributed by atoms with Gasteiger partial charge in [-0.1, -0.05) is 76.6 Å². The average molecular weight is 346 g/mol. The van der Waals surface area contributed by atoms with Gasteiger partial charge in [-0.15, -0.1) is 0 Å². The molecule has 0 aromatic heterocycles. The van der Waals surface area contributed by atoms with Crippen LogP contribution in [0.15, 0.2) is 60.7 Å². The molecule has 2 nitrogen and oxygen atoms in total. The van der Waals surface area contributed by atoms with Crippen molar-refractivity contribution in [3.8, 4) is 0 Å². The minimum atomic E-state index is -0.537. The Morgan fingerprint density at radius 1 is 1.05 bits per heavy atom. The minimum Gasteiger partial charge on any atom is -0.354 e. The van der Waals surface area contributed by atoms with Crippen LogP contribution in [0.1, 0.15) is 29.8 Å². The number of carbonyl (C=O) groups is 1. The highest BCUT2D eigenvalue weighted by Crippen LogP contribution is 2.25. The van der Waals surface area contributed by atoms with Crippen LogP contribution in [0.5, 0.6) is 0 Å². The van der Waals surface area contributed by atoms with Crippen molar-refractivity contribution < 1.29 is 4.79 Å². The first kappa shape index (κ1) is 15.8. The molecule has 2 aromatic carbocycles. The van der Waals surface area contributed by atoms with Gasteiger partial charge in [-0.3, -0.25) is 4.79 Å². The molecule has 0 saturated heterocycles. The Hall–Kier alpha value is -1.61. The summed E-state index contributed by atoms with van der Waals surface area (Å²) in [5.74, 6) is 0.0362. The number of rotatable bonds is 5. The smallest absolute Gasteiger partial charge is 0.230 e. The summed E-state index contributed by atoms with van der Waals surface area (Å²) in [6.45, 7) is 4.46. The molecule has 3 heteroatoms. The van der Waals surface area contributed by atoms with E-state index in [2.05, 4.69) is 21.2 Å². The quantitative estimate of drug-likeness (QED) is 0.807. The van der Waals surface area contributed by atoms with E-state index in [9.17, 15) is 4.79 Å². The van der Waals surface area contributed by atoms with E-state index in [1.54, 1.807) is 0 Å². The summed E-state index contributed by atoms with van der Waals surface area (Å²) in [5, 5.41) is 3.03. The van der Waals surface area contributed by atoms with Gasteiger partial charge in [0, 0.05) is 6.54 Å². The third-order valence-corrected chi connectivity index (χ3v) is 4.52. The van der Waals surface area contributed by atoms with Crippen LogP contribution in [0.4, 0.5) is 0 Å². The van der Waals surface area contributed by atoms with Crippen molar-refractivity contribution in [3.63, 3.8) is 0 Å². The molecular formula is C18H20BrNO. The van der Waals surface area contributed by atoms with Gasteiger partial charge in [-0.05, 0) is 25.0 Å². The lowest BCUT2D eigenvalue weighted by Gasteiger charge is -2.25. The maximum Gasteiger partial charge on any atom is 0.230 e. The normalized spacial score (nSPS) is 12.7. The molecule has 0 aliphatic rings. The van der Waals surface area contributed by atoms with E-state index >= 15 is 0 Å².